The van der Waals surface area contributed by atoms with E-state index in [1.165, 1.54) is 11.8 Å². The van der Waals surface area contributed by atoms with Crippen molar-refractivity contribution in [1.82, 2.24) is 0 Å². The van der Waals surface area contributed by atoms with Gasteiger partial charge in [-0.3, -0.25) is 4.99 Å². The third-order valence-electron chi connectivity index (χ3n) is 3.69. The molecule has 0 saturated carbocycles. The maximum atomic E-state index is 11.7. The third kappa shape index (κ3) is 2.51. The Morgan fingerprint density at radius 3 is 2.50 bits per heavy atom. The summed E-state index contributed by atoms with van der Waals surface area (Å²) in [6.07, 6.45) is 1.52. The lowest BCUT2D eigenvalue weighted by Crippen LogP contribution is -2.01. The van der Waals surface area contributed by atoms with E-state index < -0.39 is 11.6 Å². The second-order valence-corrected chi connectivity index (χ2v) is 5.18. The molecule has 4 heteroatoms. The van der Waals surface area contributed by atoms with Crippen molar-refractivity contribution < 1.29 is 9.52 Å². The van der Waals surface area contributed by atoms with Gasteiger partial charge in [0.1, 0.15) is 0 Å². The summed E-state index contributed by atoms with van der Waals surface area (Å²) in [7, 11) is 0. The van der Waals surface area contributed by atoms with Crippen LogP contribution in [-0.2, 0) is 0 Å². The van der Waals surface area contributed by atoms with Gasteiger partial charge in [0, 0.05) is 11.6 Å². The van der Waals surface area contributed by atoms with Crippen molar-refractivity contribution in [3.63, 3.8) is 0 Å². The van der Waals surface area contributed by atoms with Gasteiger partial charge < -0.3 is 9.52 Å². The van der Waals surface area contributed by atoms with E-state index in [2.05, 4.69) is 4.99 Å². The molecule has 0 spiro atoms. The summed E-state index contributed by atoms with van der Waals surface area (Å²) in [6, 6.07) is 12.8. The lowest BCUT2D eigenvalue weighted by Gasteiger charge is -2.03. The fraction of sp³-hybridized carbons (Fsp3) is 0.111. The van der Waals surface area contributed by atoms with E-state index in [4.69, 9.17) is 4.42 Å². The number of aromatic hydroxyl groups is 1. The van der Waals surface area contributed by atoms with Gasteiger partial charge in [0.25, 0.3) is 5.95 Å². The maximum Gasteiger partial charge on any atom is 0.346 e. The van der Waals surface area contributed by atoms with Crippen LogP contribution in [0.15, 0.2) is 56.7 Å². The molecule has 2 aromatic carbocycles. The number of hydrogen-bond donors (Lipinski definition) is 1. The van der Waals surface area contributed by atoms with Gasteiger partial charge in [-0.2, -0.15) is 0 Å². The number of aryl methyl sites for hydroxylation is 2. The van der Waals surface area contributed by atoms with Gasteiger partial charge in [-0.25, -0.2) is 4.79 Å². The number of fused-ring (bicyclic) bond motifs is 1. The molecule has 0 amide bonds. The Morgan fingerprint density at radius 1 is 1.05 bits per heavy atom. The minimum atomic E-state index is -0.559. The molecule has 1 aromatic heterocycles. The highest BCUT2D eigenvalue weighted by molar-refractivity contribution is 6.01. The minimum Gasteiger partial charge on any atom is -0.480 e. The fourth-order valence-electron chi connectivity index (χ4n) is 2.28. The molecule has 0 fully saturated rings. The van der Waals surface area contributed by atoms with E-state index in [0.29, 0.717) is 16.3 Å². The van der Waals surface area contributed by atoms with Crippen molar-refractivity contribution in [3.05, 3.63) is 69.6 Å². The topological polar surface area (TPSA) is 62.8 Å². The van der Waals surface area contributed by atoms with Crippen molar-refractivity contribution in [2.45, 2.75) is 13.8 Å². The van der Waals surface area contributed by atoms with E-state index in [1.807, 2.05) is 32.0 Å². The Hall–Kier alpha value is -2.88. The van der Waals surface area contributed by atoms with Crippen LogP contribution in [0.1, 0.15) is 16.7 Å². The van der Waals surface area contributed by atoms with Crippen molar-refractivity contribution in [2.24, 2.45) is 4.99 Å². The summed E-state index contributed by atoms with van der Waals surface area (Å²) >= 11 is 0. The number of benzene rings is 2. The smallest absolute Gasteiger partial charge is 0.346 e. The molecule has 0 aliphatic rings. The number of hydrogen-bond acceptors (Lipinski definition) is 4. The standard InChI is InChI=1S/C18H15NO3/c1-11-7-8-13(9-12(11)2)19-10-16-14-5-3-4-6-15(14)17(20)22-18(16)21/h3-10,21H,1-2H3. The van der Waals surface area contributed by atoms with E-state index in [9.17, 15) is 9.90 Å². The van der Waals surface area contributed by atoms with Crippen molar-refractivity contribution in [1.29, 1.82) is 0 Å². The first-order valence-electron chi connectivity index (χ1n) is 6.92. The van der Waals surface area contributed by atoms with Gasteiger partial charge >= 0.3 is 5.63 Å². The highest BCUT2D eigenvalue weighted by Gasteiger charge is 2.10. The van der Waals surface area contributed by atoms with E-state index >= 15 is 0 Å². The number of nitrogens with zero attached hydrogens (tertiary/aromatic N) is 1. The molecule has 3 aromatic rings. The van der Waals surface area contributed by atoms with E-state index in [-0.39, 0.29) is 0 Å². The summed E-state index contributed by atoms with van der Waals surface area (Å²) in [5.41, 5.74) is 2.95. The van der Waals surface area contributed by atoms with Gasteiger partial charge in [0.2, 0.25) is 0 Å². The van der Waals surface area contributed by atoms with Gasteiger partial charge in [-0.05, 0) is 43.2 Å². The zero-order valence-electron chi connectivity index (χ0n) is 12.3. The molecular weight excluding hydrogens is 278 g/mol. The lowest BCUT2D eigenvalue weighted by atomic mass is 10.1. The van der Waals surface area contributed by atoms with Gasteiger partial charge in [-0.1, -0.05) is 24.3 Å². The van der Waals surface area contributed by atoms with Crippen LogP contribution in [-0.4, -0.2) is 11.3 Å². The zero-order valence-corrected chi connectivity index (χ0v) is 12.3. The molecule has 4 nitrogen and oxygen atoms in total. The van der Waals surface area contributed by atoms with Crippen LogP contribution in [0.4, 0.5) is 5.69 Å². The first-order valence-corrected chi connectivity index (χ1v) is 6.92. The maximum absolute atomic E-state index is 11.7. The molecule has 0 aliphatic heterocycles. The quantitative estimate of drug-likeness (QED) is 0.730. The largest absolute Gasteiger partial charge is 0.480 e. The molecule has 0 radical (unpaired) electrons. The van der Waals surface area contributed by atoms with Crippen molar-refractivity contribution in [3.8, 4) is 5.95 Å². The SMILES string of the molecule is Cc1ccc(N=Cc2c(O)oc(=O)c3ccccc23)cc1C. The predicted octanol–water partition coefficient (Wildman–Crippen LogP) is 3.87. The first kappa shape index (κ1) is 14.1. The van der Waals surface area contributed by atoms with Crippen LogP contribution in [0.5, 0.6) is 5.95 Å². The molecular formula is C18H15NO3. The Labute approximate surface area is 127 Å². The van der Waals surface area contributed by atoms with Crippen molar-refractivity contribution in [2.75, 3.05) is 0 Å². The molecule has 3 rings (SSSR count). The molecule has 0 saturated heterocycles. The summed E-state index contributed by atoms with van der Waals surface area (Å²) in [6.45, 7) is 4.05. The third-order valence-corrected chi connectivity index (χ3v) is 3.69. The summed E-state index contributed by atoms with van der Waals surface area (Å²) < 4.78 is 4.86. The first-order chi connectivity index (χ1) is 10.6. The highest BCUT2D eigenvalue weighted by Crippen LogP contribution is 2.24. The van der Waals surface area contributed by atoms with Gasteiger partial charge in [0.15, 0.2) is 0 Å². The Morgan fingerprint density at radius 2 is 1.77 bits per heavy atom. The number of rotatable bonds is 2. The minimum absolute atomic E-state index is 0.397. The second-order valence-electron chi connectivity index (χ2n) is 5.18. The fourth-order valence-corrected chi connectivity index (χ4v) is 2.28. The van der Waals surface area contributed by atoms with Crippen LogP contribution in [0, 0.1) is 13.8 Å². The lowest BCUT2D eigenvalue weighted by molar-refractivity contribution is 0.312. The molecule has 0 atom stereocenters. The molecule has 22 heavy (non-hydrogen) atoms. The molecule has 1 N–H and O–H groups in total. The van der Waals surface area contributed by atoms with Crippen LogP contribution >= 0.6 is 0 Å². The molecule has 1 heterocycles. The molecule has 110 valence electrons. The second kappa shape index (κ2) is 5.48. The van der Waals surface area contributed by atoms with Crippen molar-refractivity contribution >= 4 is 22.7 Å². The van der Waals surface area contributed by atoms with E-state index in [0.717, 1.165) is 11.3 Å². The molecule has 0 bridgehead atoms. The zero-order chi connectivity index (χ0) is 15.7. The monoisotopic (exact) mass is 293 g/mol. The average Bonchev–Trinajstić information content (AvgIpc) is 2.50. The molecule has 0 unspecified atom stereocenters. The van der Waals surface area contributed by atoms with Crippen LogP contribution in [0.2, 0.25) is 0 Å². The average molecular weight is 293 g/mol. The van der Waals surface area contributed by atoms with Crippen LogP contribution < -0.4 is 5.63 Å². The summed E-state index contributed by atoms with van der Waals surface area (Å²) in [5.74, 6) is -0.420. The Balaban J connectivity index is 2.12. The normalized spacial score (nSPS) is 11.4. The van der Waals surface area contributed by atoms with E-state index in [1.54, 1.807) is 24.3 Å². The Kier molecular flexibility index (Phi) is 3.51. The van der Waals surface area contributed by atoms with Gasteiger partial charge in [0.05, 0.1) is 16.6 Å². The van der Waals surface area contributed by atoms with Crippen LogP contribution in [0.3, 0.4) is 0 Å². The predicted molar refractivity (Wildman–Crippen MR) is 87.3 cm³/mol. The van der Waals surface area contributed by atoms with Crippen LogP contribution in [0.25, 0.3) is 10.8 Å². The number of aliphatic imine (C=N–C) groups is 1. The Bertz CT molecular complexity index is 939. The summed E-state index contributed by atoms with van der Waals surface area (Å²) in [5, 5.41) is 10.9. The summed E-state index contributed by atoms with van der Waals surface area (Å²) in [4.78, 5) is 16.1. The highest BCUT2D eigenvalue weighted by atomic mass is 16.5. The molecule has 0 aliphatic carbocycles. The van der Waals surface area contributed by atoms with Gasteiger partial charge in [-0.15, -0.1) is 0 Å².